The third-order valence-corrected chi connectivity index (χ3v) is 8.00. The van der Waals surface area contributed by atoms with E-state index >= 15 is 0 Å². The van der Waals surface area contributed by atoms with Gasteiger partial charge in [0.2, 0.25) is 0 Å². The summed E-state index contributed by atoms with van der Waals surface area (Å²) in [6.45, 7) is 4.82. The highest BCUT2D eigenvalue weighted by Crippen LogP contribution is 2.44. The lowest BCUT2D eigenvalue weighted by Crippen LogP contribution is -2.54. The number of rotatable bonds is 9. The number of imide groups is 1. The molecule has 0 saturated carbocycles. The largest absolute Gasteiger partial charge is 0.440 e. The fourth-order valence-electron chi connectivity index (χ4n) is 5.08. The highest BCUT2D eigenvalue weighted by molar-refractivity contribution is 7.98. The molecule has 1 aromatic heterocycles. The van der Waals surface area contributed by atoms with E-state index in [1.807, 2.05) is 54.6 Å². The lowest BCUT2D eigenvalue weighted by Gasteiger charge is -2.37. The van der Waals surface area contributed by atoms with E-state index in [9.17, 15) is 19.1 Å². The van der Waals surface area contributed by atoms with Crippen molar-refractivity contribution in [3.05, 3.63) is 108 Å². The minimum atomic E-state index is -1.96. The molecule has 1 saturated heterocycles. The summed E-state index contributed by atoms with van der Waals surface area (Å²) in [4.78, 5) is 28.6. The van der Waals surface area contributed by atoms with Crippen LogP contribution in [0.5, 0.6) is 0 Å². The normalized spacial score (nSPS) is 18.4. The maximum atomic E-state index is 14.4. The van der Waals surface area contributed by atoms with Gasteiger partial charge in [0, 0.05) is 6.07 Å². The second kappa shape index (κ2) is 11.7. The zero-order valence-electron chi connectivity index (χ0n) is 23.6. The van der Waals surface area contributed by atoms with E-state index in [0.717, 1.165) is 16.0 Å². The van der Waals surface area contributed by atoms with E-state index in [2.05, 4.69) is 5.16 Å². The molecule has 4 aromatic rings. The number of hydrogen-bond acceptors (Lipinski definition) is 8. The van der Waals surface area contributed by atoms with Gasteiger partial charge in [0.1, 0.15) is 29.3 Å². The Hall–Kier alpha value is -3.99. The number of aromatic nitrogens is 1. The van der Waals surface area contributed by atoms with Crippen molar-refractivity contribution in [1.29, 1.82) is 0 Å². The van der Waals surface area contributed by atoms with E-state index in [1.165, 1.54) is 36.9 Å². The number of carbonyl (C=O) groups excluding carboxylic acids is 2. The Labute approximate surface area is 247 Å². The van der Waals surface area contributed by atoms with Crippen LogP contribution in [-0.4, -0.2) is 44.6 Å². The van der Waals surface area contributed by atoms with Crippen LogP contribution in [0.1, 0.15) is 49.7 Å². The third kappa shape index (κ3) is 5.70. The number of carbonyl (C=O) groups is 2. The lowest BCUT2D eigenvalue weighted by atomic mass is 9.88. The van der Waals surface area contributed by atoms with Crippen LogP contribution in [0.25, 0.3) is 11.1 Å². The molecule has 1 aliphatic rings. The quantitative estimate of drug-likeness (QED) is 0.215. The molecule has 0 spiro atoms. The van der Waals surface area contributed by atoms with Gasteiger partial charge in [-0.15, -0.1) is 0 Å². The number of thioether (sulfide) groups is 1. The van der Waals surface area contributed by atoms with Crippen LogP contribution in [0, 0.1) is 5.82 Å². The zero-order valence-corrected chi connectivity index (χ0v) is 24.4. The van der Waals surface area contributed by atoms with E-state index in [1.54, 1.807) is 32.2 Å². The molecule has 10 heteroatoms. The molecule has 218 valence electrons. The summed E-state index contributed by atoms with van der Waals surface area (Å²) in [7, 11) is 0. The monoisotopic (exact) mass is 590 g/mol. The Bertz CT molecular complexity index is 1560. The first-order chi connectivity index (χ1) is 20.0. The predicted octanol–water partition coefficient (Wildman–Crippen LogP) is 6.71. The molecule has 0 bridgehead atoms. The van der Waals surface area contributed by atoms with Crippen molar-refractivity contribution in [2.24, 2.45) is 0 Å². The SMILES string of the molecule is CSc1cc([C@H](O)[C@](C)(OCc2ccc(-c3ccc(F)cc3)cc2)C(=O)N2C(=O)OC(C)(C)[C@@H]2c2ccccc2)no1. The molecule has 1 N–H and O–H groups in total. The molecule has 8 nitrogen and oxygen atoms in total. The van der Waals surface area contributed by atoms with Crippen molar-refractivity contribution in [3.8, 4) is 11.1 Å². The standard InChI is InChI=1S/C32H31FN2O6S/c1-31(2)27(23-8-6-5-7-9-23)35(30(38)40-31)29(37)32(3,28(36)25-18-26(42-4)41-34-25)39-19-20-10-12-21(13-11-20)22-14-16-24(33)17-15-22/h5-18,27-28,36H,19H2,1-4H3/t27-,28-,32-/m0/s1. The molecular weight excluding hydrogens is 559 g/mol. The number of halogens is 1. The van der Waals surface area contributed by atoms with Gasteiger partial charge in [-0.25, -0.2) is 14.1 Å². The minimum Gasteiger partial charge on any atom is -0.440 e. The summed E-state index contributed by atoms with van der Waals surface area (Å²) in [5.74, 6) is -1.10. The second-order valence-corrected chi connectivity index (χ2v) is 11.5. The molecule has 0 aliphatic carbocycles. The van der Waals surface area contributed by atoms with E-state index in [-0.39, 0.29) is 18.1 Å². The first-order valence-corrected chi connectivity index (χ1v) is 14.5. The zero-order chi connectivity index (χ0) is 30.1. The molecular formula is C32H31FN2O6S. The summed E-state index contributed by atoms with van der Waals surface area (Å²) in [6, 6.07) is 23.4. The van der Waals surface area contributed by atoms with Gasteiger partial charge in [0.05, 0.1) is 6.61 Å². The van der Waals surface area contributed by atoms with E-state index in [0.29, 0.717) is 16.2 Å². The summed E-state index contributed by atoms with van der Waals surface area (Å²) >= 11 is 1.29. The van der Waals surface area contributed by atoms with Crippen LogP contribution >= 0.6 is 11.8 Å². The van der Waals surface area contributed by atoms with Crippen molar-refractivity contribution in [2.45, 2.75) is 55.8 Å². The van der Waals surface area contributed by atoms with Gasteiger partial charge >= 0.3 is 6.09 Å². The highest BCUT2D eigenvalue weighted by Gasteiger charge is 2.57. The van der Waals surface area contributed by atoms with Gasteiger partial charge in [-0.2, -0.15) is 0 Å². The molecule has 3 atom stereocenters. The minimum absolute atomic E-state index is 0.0709. The van der Waals surface area contributed by atoms with Crippen molar-refractivity contribution in [3.63, 3.8) is 0 Å². The van der Waals surface area contributed by atoms with E-state index in [4.69, 9.17) is 14.0 Å². The number of aliphatic hydroxyl groups excluding tert-OH is 1. The topological polar surface area (TPSA) is 102 Å². The van der Waals surface area contributed by atoms with Crippen molar-refractivity contribution >= 4 is 23.8 Å². The summed E-state index contributed by atoms with van der Waals surface area (Å²) < 4.78 is 30.5. The summed E-state index contributed by atoms with van der Waals surface area (Å²) in [5.41, 5.74) is 0.201. The Kier molecular flexibility index (Phi) is 8.23. The van der Waals surface area contributed by atoms with Crippen LogP contribution in [-0.2, 0) is 20.9 Å². The maximum Gasteiger partial charge on any atom is 0.417 e. The Morgan fingerprint density at radius 1 is 1.10 bits per heavy atom. The number of nitrogens with zero attached hydrogens (tertiary/aromatic N) is 2. The highest BCUT2D eigenvalue weighted by atomic mass is 32.2. The van der Waals surface area contributed by atoms with Crippen LogP contribution in [0.2, 0.25) is 0 Å². The molecule has 0 radical (unpaired) electrons. The fourth-order valence-corrected chi connectivity index (χ4v) is 5.43. The molecule has 42 heavy (non-hydrogen) atoms. The maximum absolute atomic E-state index is 14.4. The first kappa shape index (κ1) is 29.5. The van der Waals surface area contributed by atoms with Gasteiger partial charge < -0.3 is 19.1 Å². The van der Waals surface area contributed by atoms with Gasteiger partial charge in [0.15, 0.2) is 10.7 Å². The number of cyclic esters (lactones) is 1. The van der Waals surface area contributed by atoms with Gasteiger partial charge in [-0.1, -0.05) is 83.6 Å². The smallest absolute Gasteiger partial charge is 0.417 e. The fraction of sp³-hybridized carbons (Fsp3) is 0.281. The first-order valence-electron chi connectivity index (χ1n) is 13.3. The molecule has 2 heterocycles. The van der Waals surface area contributed by atoms with Crippen LogP contribution in [0.4, 0.5) is 9.18 Å². The van der Waals surface area contributed by atoms with Crippen LogP contribution < -0.4 is 0 Å². The average Bonchev–Trinajstić information content (AvgIpc) is 3.57. The summed E-state index contributed by atoms with van der Waals surface area (Å²) in [6.07, 6.45) is -0.629. The Morgan fingerprint density at radius 3 is 2.31 bits per heavy atom. The van der Waals surface area contributed by atoms with E-state index < -0.39 is 35.3 Å². The van der Waals surface area contributed by atoms with Crippen molar-refractivity contribution in [1.82, 2.24) is 10.1 Å². The number of hydrogen-bond donors (Lipinski definition) is 1. The van der Waals surface area contributed by atoms with Gasteiger partial charge in [-0.05, 0) is 61.4 Å². The number of aliphatic hydroxyl groups is 1. The van der Waals surface area contributed by atoms with Crippen molar-refractivity contribution < 1.29 is 33.1 Å². The molecule has 1 fully saturated rings. The Morgan fingerprint density at radius 2 is 1.71 bits per heavy atom. The number of amides is 2. The predicted molar refractivity (Wildman–Crippen MR) is 155 cm³/mol. The lowest BCUT2D eigenvalue weighted by molar-refractivity contribution is -0.175. The number of benzene rings is 3. The summed E-state index contributed by atoms with van der Waals surface area (Å²) in [5, 5.41) is 16.0. The van der Waals surface area contributed by atoms with Crippen LogP contribution in [0.3, 0.4) is 0 Å². The van der Waals surface area contributed by atoms with Gasteiger partial charge in [0.25, 0.3) is 5.91 Å². The molecule has 5 rings (SSSR count). The second-order valence-electron chi connectivity index (χ2n) is 10.7. The van der Waals surface area contributed by atoms with Gasteiger partial charge in [-0.3, -0.25) is 4.79 Å². The third-order valence-electron chi connectivity index (χ3n) is 7.40. The molecule has 1 aliphatic heterocycles. The average molecular weight is 591 g/mol. The molecule has 3 aromatic carbocycles. The van der Waals surface area contributed by atoms with Crippen LogP contribution in [0.15, 0.2) is 94.5 Å². The molecule has 0 unspecified atom stereocenters. The molecule has 2 amide bonds. The number of ether oxygens (including phenoxy) is 2. The van der Waals surface area contributed by atoms with Crippen molar-refractivity contribution in [2.75, 3.05) is 6.26 Å². The Balaban J connectivity index is 1.47.